The molecule has 0 aliphatic heterocycles. The van der Waals surface area contributed by atoms with E-state index >= 15 is 0 Å². The SMILES string of the molecule is COc1cc(C=NNC(=O)C(=O)NN=Cc2ccc(OCc3ccccc3)c(OC)c2)ccc1OCc1ccccc1. The molecule has 0 saturated heterocycles. The van der Waals surface area contributed by atoms with Crippen LogP contribution in [0.1, 0.15) is 22.3 Å². The highest BCUT2D eigenvalue weighted by Crippen LogP contribution is 2.29. The van der Waals surface area contributed by atoms with Crippen LogP contribution in [0.5, 0.6) is 23.0 Å². The number of hydrazone groups is 2. The summed E-state index contributed by atoms with van der Waals surface area (Å²) in [6.45, 7) is 0.778. The Bertz CT molecular complexity index is 1420. The van der Waals surface area contributed by atoms with Gasteiger partial charge in [-0.1, -0.05) is 60.7 Å². The van der Waals surface area contributed by atoms with Gasteiger partial charge >= 0.3 is 11.8 Å². The minimum absolute atomic E-state index is 0.389. The first-order valence-corrected chi connectivity index (χ1v) is 12.9. The summed E-state index contributed by atoms with van der Waals surface area (Å²) in [6.07, 6.45) is 2.76. The summed E-state index contributed by atoms with van der Waals surface area (Å²) >= 11 is 0. The second-order valence-electron chi connectivity index (χ2n) is 8.77. The molecule has 0 fully saturated rings. The quantitative estimate of drug-likeness (QED) is 0.148. The van der Waals surface area contributed by atoms with Gasteiger partial charge in [-0.25, -0.2) is 10.9 Å². The standard InChI is InChI=1S/C32H30N4O6/c1-39-29-17-25(13-15-27(29)41-21-23-9-5-3-6-10-23)19-33-35-31(37)32(38)36-34-20-26-14-16-28(30(18-26)40-2)42-22-24-11-7-4-8-12-24/h3-20H,21-22H2,1-2H3,(H,35,37)(H,36,38). The van der Waals surface area contributed by atoms with Crippen molar-refractivity contribution in [3.63, 3.8) is 0 Å². The Hall–Kier alpha value is -5.64. The summed E-state index contributed by atoms with van der Waals surface area (Å²) in [5.74, 6) is 0.153. The first-order chi connectivity index (χ1) is 20.6. The molecule has 0 saturated carbocycles. The zero-order chi connectivity index (χ0) is 29.6. The maximum absolute atomic E-state index is 12.1. The Morgan fingerprint density at radius 2 is 1.00 bits per heavy atom. The van der Waals surface area contributed by atoms with Gasteiger partial charge in [-0.15, -0.1) is 0 Å². The van der Waals surface area contributed by atoms with Gasteiger partial charge in [0.15, 0.2) is 23.0 Å². The molecule has 4 rings (SSSR count). The summed E-state index contributed by atoms with van der Waals surface area (Å²) in [4.78, 5) is 24.2. The molecule has 2 amide bonds. The van der Waals surface area contributed by atoms with Crippen LogP contribution in [0, 0.1) is 0 Å². The molecule has 0 aromatic heterocycles. The van der Waals surface area contributed by atoms with Gasteiger partial charge < -0.3 is 18.9 Å². The molecule has 0 spiro atoms. The van der Waals surface area contributed by atoms with Crippen molar-refractivity contribution in [2.75, 3.05) is 14.2 Å². The van der Waals surface area contributed by atoms with Crippen molar-refractivity contribution in [3.8, 4) is 23.0 Å². The number of hydrogen-bond donors (Lipinski definition) is 2. The molecular formula is C32H30N4O6. The Kier molecular flexibility index (Phi) is 10.6. The molecular weight excluding hydrogens is 536 g/mol. The first-order valence-electron chi connectivity index (χ1n) is 12.9. The van der Waals surface area contributed by atoms with Crippen LogP contribution in [0.4, 0.5) is 0 Å². The van der Waals surface area contributed by atoms with Crippen LogP contribution in [0.25, 0.3) is 0 Å². The highest BCUT2D eigenvalue weighted by atomic mass is 16.5. The van der Waals surface area contributed by atoms with Crippen LogP contribution in [0.2, 0.25) is 0 Å². The number of benzene rings is 4. The third-order valence-electron chi connectivity index (χ3n) is 5.82. The molecule has 42 heavy (non-hydrogen) atoms. The maximum Gasteiger partial charge on any atom is 0.331 e. The number of hydrogen-bond acceptors (Lipinski definition) is 8. The third-order valence-corrected chi connectivity index (χ3v) is 5.82. The molecule has 0 heterocycles. The van der Waals surface area contributed by atoms with Gasteiger partial charge in [-0.3, -0.25) is 9.59 Å². The van der Waals surface area contributed by atoms with E-state index in [1.165, 1.54) is 26.6 Å². The molecule has 0 radical (unpaired) electrons. The fraction of sp³-hybridized carbons (Fsp3) is 0.125. The van der Waals surface area contributed by atoms with E-state index in [0.29, 0.717) is 47.3 Å². The van der Waals surface area contributed by atoms with E-state index in [-0.39, 0.29) is 0 Å². The van der Waals surface area contributed by atoms with Crippen LogP contribution in [-0.4, -0.2) is 38.5 Å². The van der Waals surface area contributed by atoms with E-state index in [1.54, 1.807) is 36.4 Å². The third kappa shape index (κ3) is 8.68. The fourth-order valence-electron chi connectivity index (χ4n) is 3.67. The smallest absolute Gasteiger partial charge is 0.331 e. The van der Waals surface area contributed by atoms with Crippen molar-refractivity contribution in [2.45, 2.75) is 13.2 Å². The number of methoxy groups -OCH3 is 2. The van der Waals surface area contributed by atoms with E-state index in [9.17, 15) is 9.59 Å². The molecule has 0 aliphatic carbocycles. The molecule has 2 N–H and O–H groups in total. The molecule has 10 heteroatoms. The lowest BCUT2D eigenvalue weighted by molar-refractivity contribution is -0.139. The number of amides is 2. The Balaban J connectivity index is 1.25. The van der Waals surface area contributed by atoms with Crippen molar-refractivity contribution in [1.29, 1.82) is 0 Å². The van der Waals surface area contributed by atoms with Crippen LogP contribution in [0.15, 0.2) is 107 Å². The number of nitrogens with zero attached hydrogens (tertiary/aromatic N) is 2. The van der Waals surface area contributed by atoms with Crippen molar-refractivity contribution >= 4 is 24.2 Å². The Morgan fingerprint density at radius 3 is 1.38 bits per heavy atom. The largest absolute Gasteiger partial charge is 0.493 e. The molecule has 4 aromatic rings. The average Bonchev–Trinajstić information content (AvgIpc) is 3.04. The maximum atomic E-state index is 12.1. The van der Waals surface area contributed by atoms with Gasteiger partial charge in [0.25, 0.3) is 0 Å². The molecule has 0 unspecified atom stereocenters. The van der Waals surface area contributed by atoms with Crippen LogP contribution in [-0.2, 0) is 22.8 Å². The Morgan fingerprint density at radius 1 is 0.595 bits per heavy atom. The van der Waals surface area contributed by atoms with E-state index in [4.69, 9.17) is 18.9 Å². The molecule has 0 bridgehead atoms. The second kappa shape index (κ2) is 15.2. The molecule has 4 aromatic carbocycles. The van der Waals surface area contributed by atoms with E-state index < -0.39 is 11.8 Å². The lowest BCUT2D eigenvalue weighted by atomic mass is 10.2. The summed E-state index contributed by atoms with van der Waals surface area (Å²) < 4.78 is 22.5. The average molecular weight is 567 g/mol. The van der Waals surface area contributed by atoms with Gasteiger partial charge in [0.1, 0.15) is 13.2 Å². The van der Waals surface area contributed by atoms with Crippen molar-refractivity contribution in [3.05, 3.63) is 119 Å². The topological polar surface area (TPSA) is 120 Å². The fourth-order valence-corrected chi connectivity index (χ4v) is 3.67. The van der Waals surface area contributed by atoms with Crippen molar-refractivity contribution in [1.82, 2.24) is 10.9 Å². The van der Waals surface area contributed by atoms with Crippen molar-refractivity contribution in [2.24, 2.45) is 10.2 Å². The van der Waals surface area contributed by atoms with Crippen LogP contribution in [0.3, 0.4) is 0 Å². The summed E-state index contributed by atoms with van der Waals surface area (Å²) in [5.41, 5.74) is 7.64. The monoisotopic (exact) mass is 566 g/mol. The predicted molar refractivity (Wildman–Crippen MR) is 159 cm³/mol. The lowest BCUT2D eigenvalue weighted by Gasteiger charge is -2.11. The predicted octanol–water partition coefficient (Wildman–Crippen LogP) is 4.46. The molecule has 10 nitrogen and oxygen atoms in total. The zero-order valence-electron chi connectivity index (χ0n) is 23.2. The Labute approximate surface area is 243 Å². The highest BCUT2D eigenvalue weighted by molar-refractivity contribution is 6.35. The summed E-state index contributed by atoms with van der Waals surface area (Å²) in [7, 11) is 3.06. The first kappa shape index (κ1) is 29.3. The number of carbonyl (C=O) groups is 2. The minimum Gasteiger partial charge on any atom is -0.493 e. The van der Waals surface area contributed by atoms with E-state index in [0.717, 1.165) is 11.1 Å². The highest BCUT2D eigenvalue weighted by Gasteiger charge is 2.12. The van der Waals surface area contributed by atoms with Gasteiger partial charge in [0, 0.05) is 0 Å². The van der Waals surface area contributed by atoms with E-state index in [2.05, 4.69) is 21.1 Å². The van der Waals surface area contributed by atoms with Crippen LogP contribution < -0.4 is 29.8 Å². The van der Waals surface area contributed by atoms with E-state index in [1.807, 2.05) is 60.7 Å². The zero-order valence-corrected chi connectivity index (χ0v) is 23.2. The van der Waals surface area contributed by atoms with Crippen LogP contribution >= 0.6 is 0 Å². The summed E-state index contributed by atoms with van der Waals surface area (Å²) in [6, 6.07) is 29.9. The number of carbonyl (C=O) groups excluding carboxylic acids is 2. The minimum atomic E-state index is -0.986. The number of ether oxygens (including phenoxy) is 4. The van der Waals surface area contributed by atoms with Gasteiger partial charge in [0.2, 0.25) is 0 Å². The van der Waals surface area contributed by atoms with Gasteiger partial charge in [-0.2, -0.15) is 10.2 Å². The normalized spacial score (nSPS) is 10.8. The molecule has 214 valence electrons. The van der Waals surface area contributed by atoms with Crippen molar-refractivity contribution < 1.29 is 28.5 Å². The van der Waals surface area contributed by atoms with Gasteiger partial charge in [0.05, 0.1) is 26.6 Å². The number of nitrogens with one attached hydrogen (secondary N) is 2. The lowest BCUT2D eigenvalue weighted by Crippen LogP contribution is -2.35. The second-order valence-corrected chi connectivity index (χ2v) is 8.77. The summed E-state index contributed by atoms with van der Waals surface area (Å²) in [5, 5.41) is 7.67. The molecule has 0 aliphatic rings. The number of rotatable bonds is 12. The molecule has 0 atom stereocenters. The van der Waals surface area contributed by atoms with Gasteiger partial charge in [-0.05, 0) is 58.7 Å².